The van der Waals surface area contributed by atoms with Crippen LogP contribution in [-0.2, 0) is 0 Å². The largest absolute Gasteiger partial charge is 0.477 e. The molecule has 5 nitrogen and oxygen atoms in total. The van der Waals surface area contributed by atoms with Crippen molar-refractivity contribution in [3.63, 3.8) is 0 Å². The number of carboxylic acids is 1. The van der Waals surface area contributed by atoms with Crippen LogP contribution in [0.15, 0.2) is 12.3 Å². The van der Waals surface area contributed by atoms with Gasteiger partial charge in [0.1, 0.15) is 0 Å². The fourth-order valence-electron chi connectivity index (χ4n) is 1.20. The predicted octanol–water partition coefficient (Wildman–Crippen LogP) is 0.875. The first-order valence-electron chi connectivity index (χ1n) is 3.84. The second kappa shape index (κ2) is 2.76. The molecular formula is C8H6FN3O2. The molecular weight excluding hydrogens is 189 g/mol. The van der Waals surface area contributed by atoms with Gasteiger partial charge in [-0.25, -0.2) is 18.7 Å². The molecule has 2 rings (SSSR count). The third-order valence-electron chi connectivity index (χ3n) is 1.83. The van der Waals surface area contributed by atoms with Gasteiger partial charge in [-0.05, 0) is 13.0 Å². The molecule has 72 valence electrons. The quantitative estimate of drug-likeness (QED) is 0.733. The first-order chi connectivity index (χ1) is 6.59. The molecule has 0 aliphatic rings. The Hall–Kier alpha value is -1.98. The molecule has 6 heteroatoms. The summed E-state index contributed by atoms with van der Waals surface area (Å²) in [7, 11) is 0. The molecule has 0 atom stereocenters. The number of fused-ring (bicyclic) bond motifs is 1. The fourth-order valence-corrected chi connectivity index (χ4v) is 1.20. The average molecular weight is 195 g/mol. The maximum absolute atomic E-state index is 13.0. The molecule has 0 aliphatic carbocycles. The normalized spacial score (nSPS) is 10.7. The number of aromatic nitrogens is 3. The van der Waals surface area contributed by atoms with E-state index in [-0.39, 0.29) is 11.3 Å². The van der Waals surface area contributed by atoms with Crippen molar-refractivity contribution < 1.29 is 14.3 Å². The van der Waals surface area contributed by atoms with Crippen LogP contribution >= 0.6 is 0 Å². The Kier molecular flexibility index (Phi) is 1.70. The van der Waals surface area contributed by atoms with Crippen molar-refractivity contribution in [2.75, 3.05) is 0 Å². The number of hydrogen-bond acceptors (Lipinski definition) is 3. The minimum Gasteiger partial charge on any atom is -0.477 e. The smallest absolute Gasteiger partial charge is 0.354 e. The lowest BCUT2D eigenvalue weighted by Crippen LogP contribution is -2.05. The summed E-state index contributed by atoms with van der Waals surface area (Å²) in [4.78, 5) is 14.2. The van der Waals surface area contributed by atoms with E-state index in [1.807, 2.05) is 0 Å². The van der Waals surface area contributed by atoms with E-state index in [0.717, 1.165) is 6.20 Å². The predicted molar refractivity (Wildman–Crippen MR) is 44.6 cm³/mol. The summed E-state index contributed by atoms with van der Waals surface area (Å²) >= 11 is 0. The van der Waals surface area contributed by atoms with Crippen LogP contribution in [0.5, 0.6) is 0 Å². The topological polar surface area (TPSA) is 67.5 Å². The Morgan fingerprint density at radius 1 is 1.64 bits per heavy atom. The summed E-state index contributed by atoms with van der Waals surface area (Å²) in [6.45, 7) is 1.63. The van der Waals surface area contributed by atoms with Gasteiger partial charge in [-0.2, -0.15) is 5.10 Å². The fraction of sp³-hybridized carbons (Fsp3) is 0.125. The van der Waals surface area contributed by atoms with Crippen molar-refractivity contribution >= 4 is 11.6 Å². The monoisotopic (exact) mass is 195 g/mol. The lowest BCUT2D eigenvalue weighted by Gasteiger charge is -1.99. The molecule has 14 heavy (non-hydrogen) atoms. The number of aromatic carboxylic acids is 1. The Balaban J connectivity index is 2.82. The number of nitrogens with zero attached hydrogens (tertiary/aromatic N) is 3. The van der Waals surface area contributed by atoms with E-state index < -0.39 is 11.8 Å². The first kappa shape index (κ1) is 8.61. The Bertz CT molecular complexity index is 521. The molecule has 0 saturated heterocycles. The van der Waals surface area contributed by atoms with Gasteiger partial charge < -0.3 is 5.11 Å². The van der Waals surface area contributed by atoms with Crippen molar-refractivity contribution in [3.8, 4) is 0 Å². The van der Waals surface area contributed by atoms with E-state index in [2.05, 4.69) is 10.1 Å². The molecule has 2 aromatic heterocycles. The molecule has 2 aromatic rings. The van der Waals surface area contributed by atoms with Crippen LogP contribution in [0.1, 0.15) is 16.2 Å². The maximum Gasteiger partial charge on any atom is 0.354 e. The summed E-state index contributed by atoms with van der Waals surface area (Å²) in [5.74, 6) is -1.81. The lowest BCUT2D eigenvalue weighted by atomic mass is 10.3. The molecule has 0 fully saturated rings. The van der Waals surface area contributed by atoms with Crippen molar-refractivity contribution in [3.05, 3.63) is 29.5 Å². The molecule has 0 saturated carbocycles. The Morgan fingerprint density at radius 3 is 3.00 bits per heavy atom. The van der Waals surface area contributed by atoms with E-state index in [1.165, 1.54) is 10.6 Å². The van der Waals surface area contributed by atoms with Crippen LogP contribution in [0.2, 0.25) is 0 Å². The summed E-state index contributed by atoms with van der Waals surface area (Å²) in [5.41, 5.74) is 0.271. The highest BCUT2D eigenvalue weighted by atomic mass is 19.1. The highest BCUT2D eigenvalue weighted by Gasteiger charge is 2.12. The van der Waals surface area contributed by atoms with Gasteiger partial charge >= 0.3 is 5.97 Å². The second-order valence-electron chi connectivity index (χ2n) is 2.82. The molecule has 0 aliphatic heterocycles. The van der Waals surface area contributed by atoms with Crippen LogP contribution in [0.25, 0.3) is 5.65 Å². The van der Waals surface area contributed by atoms with Gasteiger partial charge in [-0.15, -0.1) is 0 Å². The Morgan fingerprint density at radius 2 is 2.36 bits per heavy atom. The third-order valence-corrected chi connectivity index (χ3v) is 1.83. The van der Waals surface area contributed by atoms with Crippen LogP contribution in [0.3, 0.4) is 0 Å². The van der Waals surface area contributed by atoms with Gasteiger partial charge in [-0.1, -0.05) is 0 Å². The number of rotatable bonds is 1. The summed E-state index contributed by atoms with van der Waals surface area (Å²) in [6.07, 6.45) is 1.00. The molecule has 0 aromatic carbocycles. The van der Waals surface area contributed by atoms with Crippen molar-refractivity contribution in [1.82, 2.24) is 14.6 Å². The van der Waals surface area contributed by atoms with Gasteiger partial charge in [0.25, 0.3) is 0 Å². The number of carboxylic acid groups (broad SMARTS) is 1. The van der Waals surface area contributed by atoms with Gasteiger partial charge in [0.2, 0.25) is 0 Å². The van der Waals surface area contributed by atoms with Crippen molar-refractivity contribution in [1.29, 1.82) is 0 Å². The van der Waals surface area contributed by atoms with Crippen LogP contribution in [-0.4, -0.2) is 25.7 Å². The zero-order valence-corrected chi connectivity index (χ0v) is 7.23. The van der Waals surface area contributed by atoms with Gasteiger partial charge in [0.05, 0.1) is 6.20 Å². The van der Waals surface area contributed by atoms with Crippen LogP contribution in [0, 0.1) is 12.7 Å². The maximum atomic E-state index is 13.0. The summed E-state index contributed by atoms with van der Waals surface area (Å²) < 4.78 is 14.3. The first-order valence-corrected chi connectivity index (χ1v) is 3.84. The van der Waals surface area contributed by atoms with Crippen LogP contribution < -0.4 is 0 Å². The van der Waals surface area contributed by atoms with E-state index in [1.54, 1.807) is 6.92 Å². The number of halogens is 1. The zero-order valence-electron chi connectivity index (χ0n) is 7.23. The van der Waals surface area contributed by atoms with E-state index in [9.17, 15) is 9.18 Å². The van der Waals surface area contributed by atoms with Gasteiger partial charge in [0, 0.05) is 5.69 Å². The number of aryl methyl sites for hydroxylation is 1. The molecule has 1 N–H and O–H groups in total. The SMILES string of the molecule is Cc1cc(C(=O)O)nc2c(F)cnn12. The molecule has 0 unspecified atom stereocenters. The zero-order chi connectivity index (χ0) is 10.3. The number of carbonyl (C=O) groups is 1. The minimum absolute atomic E-state index is 0.0672. The van der Waals surface area contributed by atoms with E-state index in [4.69, 9.17) is 5.11 Å². The standard InChI is InChI=1S/C8H6FN3O2/c1-4-2-6(8(13)14)11-7-5(9)3-10-12(4)7/h2-3H,1H3,(H,13,14). The van der Waals surface area contributed by atoms with Crippen LogP contribution in [0.4, 0.5) is 4.39 Å². The highest BCUT2D eigenvalue weighted by Crippen LogP contribution is 2.10. The summed E-state index contributed by atoms with van der Waals surface area (Å²) in [5, 5.41) is 12.4. The van der Waals surface area contributed by atoms with Gasteiger partial charge in [-0.3, -0.25) is 0 Å². The molecule has 2 heterocycles. The number of hydrogen-bond donors (Lipinski definition) is 1. The second-order valence-corrected chi connectivity index (χ2v) is 2.82. The molecule has 0 amide bonds. The molecule has 0 spiro atoms. The minimum atomic E-state index is -1.18. The van der Waals surface area contributed by atoms with E-state index >= 15 is 0 Å². The van der Waals surface area contributed by atoms with Crippen molar-refractivity contribution in [2.45, 2.75) is 6.92 Å². The average Bonchev–Trinajstić information content (AvgIpc) is 2.48. The molecule has 0 bridgehead atoms. The highest BCUT2D eigenvalue weighted by molar-refractivity contribution is 5.86. The van der Waals surface area contributed by atoms with E-state index in [0.29, 0.717) is 5.69 Å². The lowest BCUT2D eigenvalue weighted by molar-refractivity contribution is 0.0690. The van der Waals surface area contributed by atoms with Crippen molar-refractivity contribution in [2.24, 2.45) is 0 Å². The Labute approximate surface area is 77.8 Å². The summed E-state index contributed by atoms with van der Waals surface area (Å²) in [6, 6.07) is 1.34. The van der Waals surface area contributed by atoms with Gasteiger partial charge in [0.15, 0.2) is 17.2 Å². The third kappa shape index (κ3) is 1.12. The molecule has 0 radical (unpaired) electrons.